The first-order valence-electron chi connectivity index (χ1n) is 7.40. The summed E-state index contributed by atoms with van der Waals surface area (Å²) in [6.07, 6.45) is 0. The molecule has 7 nitrogen and oxygen atoms in total. The molecule has 0 aliphatic heterocycles. The second-order valence-electron chi connectivity index (χ2n) is 4.03. The second-order valence-corrected chi connectivity index (χ2v) is 4.03. The van der Waals surface area contributed by atoms with Crippen LogP contribution < -0.4 is 0 Å². The van der Waals surface area contributed by atoms with E-state index in [-0.39, 0.29) is 5.56 Å². The van der Waals surface area contributed by atoms with Crippen molar-refractivity contribution in [2.75, 3.05) is 14.2 Å². The average molecular weight is 345 g/mol. The highest BCUT2D eigenvalue weighted by Crippen LogP contribution is 2.31. The van der Waals surface area contributed by atoms with E-state index in [1.54, 1.807) is 0 Å². The molecular formula is C16H24FNO6. The summed E-state index contributed by atoms with van der Waals surface area (Å²) in [5.41, 5.74) is -2.90. The Hall–Kier alpha value is -2.51. The van der Waals surface area contributed by atoms with E-state index in [2.05, 4.69) is 9.47 Å². The summed E-state index contributed by atoms with van der Waals surface area (Å²) in [6.45, 7) is 9.12. The summed E-state index contributed by atoms with van der Waals surface area (Å²) in [7, 11) is 2.07. The fourth-order valence-corrected chi connectivity index (χ4v) is 1.73. The maximum Gasteiger partial charge on any atom is 0.327 e. The van der Waals surface area contributed by atoms with Gasteiger partial charge in [-0.05, 0) is 13.0 Å². The molecule has 0 radical (unpaired) electrons. The molecule has 0 aromatic heterocycles. The van der Waals surface area contributed by atoms with E-state index < -0.39 is 33.8 Å². The van der Waals surface area contributed by atoms with E-state index in [9.17, 15) is 24.1 Å². The number of nitrogens with zero attached hydrogens (tertiary/aromatic N) is 1. The lowest BCUT2D eigenvalue weighted by atomic mass is 9.82. The first-order chi connectivity index (χ1) is 11.3. The van der Waals surface area contributed by atoms with Crippen LogP contribution in [0.5, 0.6) is 0 Å². The van der Waals surface area contributed by atoms with Gasteiger partial charge in [-0.3, -0.25) is 19.7 Å². The average Bonchev–Trinajstić information content (AvgIpc) is 2.62. The Labute approximate surface area is 140 Å². The first-order valence-corrected chi connectivity index (χ1v) is 7.40. The van der Waals surface area contributed by atoms with E-state index >= 15 is 0 Å². The molecule has 0 fully saturated rings. The predicted octanol–water partition coefficient (Wildman–Crippen LogP) is 3.39. The minimum absolute atomic E-state index is 0.359. The lowest BCUT2D eigenvalue weighted by Crippen LogP contribution is -2.43. The van der Waals surface area contributed by atoms with E-state index in [1.807, 2.05) is 27.7 Å². The number of carbonyl (C=O) groups is 2. The number of non-ortho nitro benzene ring substituents is 1. The number of benzene rings is 1. The molecule has 0 aliphatic carbocycles. The highest BCUT2D eigenvalue weighted by Gasteiger charge is 2.47. The Balaban J connectivity index is 0. The molecule has 1 aromatic carbocycles. The first kappa shape index (κ1) is 23.8. The van der Waals surface area contributed by atoms with Gasteiger partial charge in [0.05, 0.1) is 25.2 Å². The maximum absolute atomic E-state index is 14.0. The van der Waals surface area contributed by atoms with Gasteiger partial charge in [-0.25, -0.2) is 4.39 Å². The van der Waals surface area contributed by atoms with Gasteiger partial charge >= 0.3 is 11.9 Å². The number of carbonyl (C=O) groups excluding carboxylic acids is 2. The SMILES string of the molecule is CC.CC.COC(=O)C(C)(C(=O)OC)c1ccc([N+](=O)[O-])cc1F. The van der Waals surface area contributed by atoms with E-state index in [4.69, 9.17) is 0 Å². The lowest BCUT2D eigenvalue weighted by molar-refractivity contribution is -0.385. The van der Waals surface area contributed by atoms with Crippen LogP contribution in [-0.4, -0.2) is 31.1 Å². The molecule has 1 rings (SSSR count). The van der Waals surface area contributed by atoms with Crippen molar-refractivity contribution in [2.45, 2.75) is 40.0 Å². The molecule has 0 heterocycles. The normalized spacial score (nSPS) is 9.50. The van der Waals surface area contributed by atoms with Crippen LogP contribution in [0.15, 0.2) is 18.2 Å². The topological polar surface area (TPSA) is 95.7 Å². The van der Waals surface area contributed by atoms with Crippen LogP contribution in [0.4, 0.5) is 10.1 Å². The van der Waals surface area contributed by atoms with Gasteiger partial charge in [-0.1, -0.05) is 27.7 Å². The molecule has 0 bridgehead atoms. The van der Waals surface area contributed by atoms with Crippen LogP contribution in [0.25, 0.3) is 0 Å². The quantitative estimate of drug-likeness (QED) is 0.359. The van der Waals surface area contributed by atoms with Gasteiger partial charge in [0, 0.05) is 11.6 Å². The second kappa shape index (κ2) is 11.1. The van der Waals surface area contributed by atoms with Crippen molar-refractivity contribution in [3.63, 3.8) is 0 Å². The van der Waals surface area contributed by atoms with Gasteiger partial charge in [-0.15, -0.1) is 0 Å². The Morgan fingerprint density at radius 3 is 1.79 bits per heavy atom. The van der Waals surface area contributed by atoms with Gasteiger partial charge in [0.25, 0.3) is 5.69 Å². The molecule has 24 heavy (non-hydrogen) atoms. The van der Waals surface area contributed by atoms with E-state index in [1.165, 1.54) is 0 Å². The molecular weight excluding hydrogens is 321 g/mol. The zero-order chi connectivity index (χ0) is 19.5. The third-order valence-corrected chi connectivity index (χ3v) is 2.89. The van der Waals surface area contributed by atoms with Crippen molar-refractivity contribution in [1.29, 1.82) is 0 Å². The molecule has 0 aliphatic rings. The molecule has 0 atom stereocenters. The van der Waals surface area contributed by atoms with Crippen LogP contribution in [0.2, 0.25) is 0 Å². The maximum atomic E-state index is 14.0. The summed E-state index contributed by atoms with van der Waals surface area (Å²) >= 11 is 0. The van der Waals surface area contributed by atoms with Crippen molar-refractivity contribution < 1.29 is 28.4 Å². The van der Waals surface area contributed by atoms with Crippen molar-refractivity contribution in [1.82, 2.24) is 0 Å². The summed E-state index contributed by atoms with van der Waals surface area (Å²) in [5, 5.41) is 10.5. The largest absolute Gasteiger partial charge is 0.468 e. The van der Waals surface area contributed by atoms with Crippen LogP contribution >= 0.6 is 0 Å². The van der Waals surface area contributed by atoms with Crippen molar-refractivity contribution >= 4 is 17.6 Å². The Morgan fingerprint density at radius 1 is 1.08 bits per heavy atom. The van der Waals surface area contributed by atoms with Crippen molar-refractivity contribution in [3.05, 3.63) is 39.7 Å². The number of nitro groups is 1. The number of hydrogen-bond donors (Lipinski definition) is 0. The van der Waals surface area contributed by atoms with Gasteiger partial charge in [0.2, 0.25) is 0 Å². The van der Waals surface area contributed by atoms with Crippen LogP contribution in [0, 0.1) is 15.9 Å². The minimum Gasteiger partial charge on any atom is -0.468 e. The van der Waals surface area contributed by atoms with Gasteiger partial charge in [0.1, 0.15) is 5.82 Å². The third-order valence-electron chi connectivity index (χ3n) is 2.89. The summed E-state index contributed by atoms with van der Waals surface area (Å²) in [4.78, 5) is 33.3. The minimum atomic E-state index is -2.04. The number of halogens is 1. The van der Waals surface area contributed by atoms with Crippen LogP contribution in [0.3, 0.4) is 0 Å². The number of methoxy groups -OCH3 is 2. The van der Waals surface area contributed by atoms with Gasteiger partial charge < -0.3 is 9.47 Å². The van der Waals surface area contributed by atoms with E-state index in [0.717, 1.165) is 33.3 Å². The lowest BCUT2D eigenvalue weighted by Gasteiger charge is -2.24. The van der Waals surface area contributed by atoms with Crippen LogP contribution in [0.1, 0.15) is 40.2 Å². The molecule has 0 saturated carbocycles. The Kier molecular flexibility index (Phi) is 11.0. The summed E-state index contributed by atoms with van der Waals surface area (Å²) in [5.74, 6) is -3.13. The van der Waals surface area contributed by atoms with E-state index in [0.29, 0.717) is 6.07 Å². The Morgan fingerprint density at radius 2 is 1.50 bits per heavy atom. The number of hydrogen-bond acceptors (Lipinski definition) is 6. The summed E-state index contributed by atoms with van der Waals surface area (Å²) < 4.78 is 22.9. The zero-order valence-corrected chi connectivity index (χ0v) is 15.0. The highest BCUT2D eigenvalue weighted by atomic mass is 19.1. The Bertz CT molecular complexity index is 558. The third kappa shape index (κ3) is 5.00. The molecule has 0 unspecified atom stereocenters. The summed E-state index contributed by atoms with van der Waals surface area (Å²) in [6, 6.07) is 2.60. The standard InChI is InChI=1S/C12H12FNO6.2C2H6/c1-12(10(15)19-2,11(16)20-3)8-5-4-7(14(17)18)6-9(8)13;2*1-2/h4-6H,1-3H3;2*1-2H3. The number of ether oxygens (including phenoxy) is 2. The molecule has 136 valence electrons. The monoisotopic (exact) mass is 345 g/mol. The van der Waals surface area contributed by atoms with Gasteiger partial charge in [-0.2, -0.15) is 0 Å². The fraction of sp³-hybridized carbons (Fsp3) is 0.500. The zero-order valence-electron chi connectivity index (χ0n) is 15.0. The highest BCUT2D eigenvalue weighted by molar-refractivity contribution is 6.05. The van der Waals surface area contributed by atoms with Crippen molar-refractivity contribution in [2.24, 2.45) is 0 Å². The molecule has 0 spiro atoms. The molecule has 1 aromatic rings. The predicted molar refractivity (Wildman–Crippen MR) is 87.1 cm³/mol. The van der Waals surface area contributed by atoms with Crippen molar-refractivity contribution in [3.8, 4) is 0 Å². The molecule has 0 saturated heterocycles. The number of nitro benzene ring substituents is 1. The number of esters is 2. The molecule has 0 N–H and O–H groups in total. The smallest absolute Gasteiger partial charge is 0.327 e. The molecule has 8 heteroatoms. The number of rotatable bonds is 4. The van der Waals surface area contributed by atoms with Crippen LogP contribution in [-0.2, 0) is 24.5 Å². The fourth-order valence-electron chi connectivity index (χ4n) is 1.73. The molecule has 0 amide bonds. The van der Waals surface area contributed by atoms with Gasteiger partial charge in [0.15, 0.2) is 5.41 Å².